The molecule has 0 heterocycles. The summed E-state index contributed by atoms with van der Waals surface area (Å²) in [5.74, 6) is -2.79. The standard InChI is InChI=1S/C10H12BrF2N/c11-6-7-14-8-10(12,13)9-4-2-1-3-5-9/h1-5,14H,6-8H2. The highest BCUT2D eigenvalue weighted by molar-refractivity contribution is 9.09. The van der Waals surface area contributed by atoms with Gasteiger partial charge in [0.25, 0.3) is 5.92 Å². The molecule has 1 aromatic carbocycles. The minimum atomic E-state index is -2.79. The molecular formula is C10H12BrF2N. The quantitative estimate of drug-likeness (QED) is 0.637. The predicted octanol–water partition coefficient (Wildman–Crippen LogP) is 2.76. The highest BCUT2D eigenvalue weighted by Crippen LogP contribution is 2.26. The molecule has 14 heavy (non-hydrogen) atoms. The number of alkyl halides is 3. The third-order valence-corrected chi connectivity index (χ3v) is 2.21. The molecule has 0 saturated heterocycles. The lowest BCUT2D eigenvalue weighted by atomic mass is 10.1. The molecule has 78 valence electrons. The number of halogens is 3. The molecule has 0 aromatic heterocycles. The average molecular weight is 264 g/mol. The Morgan fingerprint density at radius 2 is 1.86 bits per heavy atom. The van der Waals surface area contributed by atoms with E-state index in [1.54, 1.807) is 18.2 Å². The smallest absolute Gasteiger partial charge is 0.285 e. The lowest BCUT2D eigenvalue weighted by Crippen LogP contribution is -2.31. The van der Waals surface area contributed by atoms with E-state index in [1.807, 2.05) is 0 Å². The molecule has 0 spiro atoms. The Morgan fingerprint density at radius 1 is 1.21 bits per heavy atom. The first kappa shape index (κ1) is 11.6. The van der Waals surface area contributed by atoms with Crippen LogP contribution in [-0.2, 0) is 5.92 Å². The number of rotatable bonds is 5. The van der Waals surface area contributed by atoms with Crippen molar-refractivity contribution in [3.63, 3.8) is 0 Å². The number of hydrogen-bond donors (Lipinski definition) is 1. The van der Waals surface area contributed by atoms with Gasteiger partial charge in [-0.1, -0.05) is 46.3 Å². The number of nitrogens with one attached hydrogen (secondary N) is 1. The SMILES string of the molecule is FC(F)(CNCCBr)c1ccccc1. The maximum Gasteiger partial charge on any atom is 0.285 e. The van der Waals surface area contributed by atoms with Crippen LogP contribution in [0.1, 0.15) is 5.56 Å². The van der Waals surface area contributed by atoms with Gasteiger partial charge in [0, 0.05) is 17.4 Å². The van der Waals surface area contributed by atoms with Gasteiger partial charge < -0.3 is 5.32 Å². The molecule has 1 aromatic rings. The monoisotopic (exact) mass is 263 g/mol. The van der Waals surface area contributed by atoms with Crippen LogP contribution in [0.3, 0.4) is 0 Å². The fourth-order valence-electron chi connectivity index (χ4n) is 1.10. The van der Waals surface area contributed by atoms with Crippen LogP contribution in [0.25, 0.3) is 0 Å². The van der Waals surface area contributed by atoms with Crippen LogP contribution in [-0.4, -0.2) is 18.4 Å². The van der Waals surface area contributed by atoms with Crippen LogP contribution in [0.4, 0.5) is 8.78 Å². The first-order valence-corrected chi connectivity index (χ1v) is 5.49. The van der Waals surface area contributed by atoms with E-state index in [9.17, 15) is 8.78 Å². The predicted molar refractivity (Wildman–Crippen MR) is 57.0 cm³/mol. The van der Waals surface area contributed by atoms with Crippen molar-refractivity contribution in [1.82, 2.24) is 5.32 Å². The zero-order valence-electron chi connectivity index (χ0n) is 7.64. The lowest BCUT2D eigenvalue weighted by molar-refractivity contribution is -0.00251. The highest BCUT2D eigenvalue weighted by atomic mass is 79.9. The average Bonchev–Trinajstić information content (AvgIpc) is 2.19. The van der Waals surface area contributed by atoms with Gasteiger partial charge in [0.05, 0.1) is 6.54 Å². The van der Waals surface area contributed by atoms with E-state index in [0.29, 0.717) is 11.9 Å². The molecule has 1 N–H and O–H groups in total. The van der Waals surface area contributed by atoms with Crippen LogP contribution in [0, 0.1) is 0 Å². The summed E-state index contributed by atoms with van der Waals surface area (Å²) >= 11 is 3.17. The first-order valence-electron chi connectivity index (χ1n) is 4.37. The third kappa shape index (κ3) is 3.35. The molecule has 0 amide bonds. The summed E-state index contributed by atoms with van der Waals surface area (Å²) in [4.78, 5) is 0. The van der Waals surface area contributed by atoms with Crippen LogP contribution in [0.2, 0.25) is 0 Å². The molecule has 0 bridgehead atoms. The summed E-state index contributed by atoms with van der Waals surface area (Å²) in [6, 6.07) is 7.85. The van der Waals surface area contributed by atoms with Gasteiger partial charge >= 0.3 is 0 Å². The molecule has 4 heteroatoms. The summed E-state index contributed by atoms with van der Waals surface area (Å²) in [7, 11) is 0. The van der Waals surface area contributed by atoms with Crippen molar-refractivity contribution in [2.75, 3.05) is 18.4 Å². The van der Waals surface area contributed by atoms with Gasteiger partial charge in [-0.15, -0.1) is 0 Å². The molecule has 1 rings (SSSR count). The topological polar surface area (TPSA) is 12.0 Å². The normalized spacial score (nSPS) is 11.6. The zero-order valence-corrected chi connectivity index (χ0v) is 9.23. The second-order valence-corrected chi connectivity index (χ2v) is 3.73. The largest absolute Gasteiger partial charge is 0.310 e. The van der Waals surface area contributed by atoms with E-state index in [1.165, 1.54) is 12.1 Å². The first-order chi connectivity index (χ1) is 6.67. The Hall–Kier alpha value is -0.480. The summed E-state index contributed by atoms with van der Waals surface area (Å²) in [6.07, 6.45) is 0. The molecular weight excluding hydrogens is 252 g/mol. The summed E-state index contributed by atoms with van der Waals surface area (Å²) < 4.78 is 26.8. The van der Waals surface area contributed by atoms with Gasteiger partial charge in [0.2, 0.25) is 0 Å². The molecule has 0 aliphatic carbocycles. The van der Waals surface area contributed by atoms with Crippen molar-refractivity contribution >= 4 is 15.9 Å². The van der Waals surface area contributed by atoms with Crippen molar-refractivity contribution in [3.05, 3.63) is 35.9 Å². The highest BCUT2D eigenvalue weighted by Gasteiger charge is 2.30. The van der Waals surface area contributed by atoms with Gasteiger partial charge in [-0.25, -0.2) is 0 Å². The molecule has 0 atom stereocenters. The Balaban J connectivity index is 2.56. The maximum atomic E-state index is 13.4. The number of hydrogen-bond acceptors (Lipinski definition) is 1. The van der Waals surface area contributed by atoms with E-state index >= 15 is 0 Å². The Morgan fingerprint density at radius 3 is 2.43 bits per heavy atom. The van der Waals surface area contributed by atoms with Crippen LogP contribution in [0.15, 0.2) is 30.3 Å². The van der Waals surface area contributed by atoms with Crippen molar-refractivity contribution in [2.45, 2.75) is 5.92 Å². The van der Waals surface area contributed by atoms with Crippen molar-refractivity contribution in [1.29, 1.82) is 0 Å². The fraction of sp³-hybridized carbons (Fsp3) is 0.400. The third-order valence-electron chi connectivity index (χ3n) is 1.81. The molecule has 0 unspecified atom stereocenters. The van der Waals surface area contributed by atoms with Gasteiger partial charge in [0.15, 0.2) is 0 Å². The van der Waals surface area contributed by atoms with E-state index in [0.717, 1.165) is 0 Å². The second-order valence-electron chi connectivity index (χ2n) is 2.94. The lowest BCUT2D eigenvalue weighted by Gasteiger charge is -2.16. The van der Waals surface area contributed by atoms with Gasteiger partial charge in [-0.2, -0.15) is 8.78 Å². The van der Waals surface area contributed by atoms with Crippen molar-refractivity contribution in [2.24, 2.45) is 0 Å². The van der Waals surface area contributed by atoms with Gasteiger partial charge in [0.1, 0.15) is 0 Å². The summed E-state index contributed by atoms with van der Waals surface area (Å²) in [6.45, 7) is 0.227. The minimum absolute atomic E-state index is 0.0575. The molecule has 1 nitrogen and oxygen atoms in total. The molecule has 0 saturated carbocycles. The van der Waals surface area contributed by atoms with Crippen molar-refractivity contribution in [3.8, 4) is 0 Å². The summed E-state index contributed by atoms with van der Waals surface area (Å²) in [5, 5.41) is 3.36. The van der Waals surface area contributed by atoms with Crippen LogP contribution >= 0.6 is 15.9 Å². The Kier molecular flexibility index (Phi) is 4.48. The molecule has 0 fully saturated rings. The molecule has 0 radical (unpaired) electrons. The zero-order chi connectivity index (χ0) is 10.4. The molecule has 0 aliphatic heterocycles. The van der Waals surface area contributed by atoms with Gasteiger partial charge in [-0.05, 0) is 0 Å². The minimum Gasteiger partial charge on any atom is -0.310 e. The van der Waals surface area contributed by atoms with E-state index in [4.69, 9.17) is 0 Å². The van der Waals surface area contributed by atoms with Gasteiger partial charge in [-0.3, -0.25) is 0 Å². The Labute approximate surface area is 90.6 Å². The fourth-order valence-corrected chi connectivity index (χ4v) is 1.38. The Bertz CT molecular complexity index is 264. The molecule has 0 aliphatic rings. The van der Waals surface area contributed by atoms with E-state index in [2.05, 4.69) is 21.2 Å². The summed E-state index contributed by atoms with van der Waals surface area (Å²) in [5.41, 5.74) is 0.0575. The number of benzene rings is 1. The van der Waals surface area contributed by atoms with Crippen LogP contribution < -0.4 is 5.32 Å². The van der Waals surface area contributed by atoms with Crippen LogP contribution in [0.5, 0.6) is 0 Å². The van der Waals surface area contributed by atoms with Crippen molar-refractivity contribution < 1.29 is 8.78 Å². The van der Waals surface area contributed by atoms with E-state index in [-0.39, 0.29) is 12.1 Å². The second kappa shape index (κ2) is 5.41. The van der Waals surface area contributed by atoms with E-state index < -0.39 is 5.92 Å². The maximum absolute atomic E-state index is 13.4.